The second-order valence-corrected chi connectivity index (χ2v) is 12.8. The zero-order valence-corrected chi connectivity index (χ0v) is 25.5. The third kappa shape index (κ3) is 6.98. The number of halogens is 2. The Morgan fingerprint density at radius 2 is 1.67 bits per heavy atom. The van der Waals surface area contributed by atoms with Crippen LogP contribution in [0.3, 0.4) is 0 Å². The first-order chi connectivity index (χ1) is 22.2. The van der Waals surface area contributed by atoms with E-state index in [-0.39, 0.29) is 43.4 Å². The minimum Gasteiger partial charge on any atom is -0.454 e. The van der Waals surface area contributed by atoms with Gasteiger partial charge >= 0.3 is 0 Å². The summed E-state index contributed by atoms with van der Waals surface area (Å²) in [7, 11) is -4.05. The minimum atomic E-state index is -4.05. The van der Waals surface area contributed by atoms with Crippen LogP contribution in [0.4, 0.5) is 8.78 Å². The molecule has 2 aromatic heterocycles. The molecule has 3 aromatic carbocycles. The van der Waals surface area contributed by atoms with Crippen molar-refractivity contribution in [2.24, 2.45) is 0 Å². The van der Waals surface area contributed by atoms with Crippen LogP contribution in [0.1, 0.15) is 34.9 Å². The molecule has 0 bridgehead atoms. The number of hydrogen-bond donors (Lipinski definition) is 0. The summed E-state index contributed by atoms with van der Waals surface area (Å²) < 4.78 is 74.2. The highest BCUT2D eigenvalue weighted by atomic mass is 32.2. The minimum absolute atomic E-state index is 0.0310. The average molecular weight is 646 g/mol. The predicted octanol–water partition coefficient (Wildman–Crippen LogP) is 5.79. The van der Waals surface area contributed by atoms with Crippen LogP contribution in [0, 0.1) is 18.6 Å². The lowest BCUT2D eigenvalue weighted by atomic mass is 10.1. The van der Waals surface area contributed by atoms with E-state index in [9.17, 15) is 22.0 Å². The Kier molecular flexibility index (Phi) is 8.91. The summed E-state index contributed by atoms with van der Waals surface area (Å²) in [5.74, 6) is -0.702. The molecule has 12 heteroatoms. The SMILES string of the molecule is Cc1cc(-c2cc(F)c(=O)n(Cc3ccc4c(c3)OCO4)c2)nc(S(=O)(=O)CCC(OCc2ccccc2F)c2ccccc2)n1. The van der Waals surface area contributed by atoms with E-state index in [1.165, 1.54) is 22.9 Å². The first-order valence-corrected chi connectivity index (χ1v) is 16.1. The number of sulfone groups is 1. The quantitative estimate of drug-likeness (QED) is 0.166. The maximum Gasteiger partial charge on any atom is 0.286 e. The molecule has 0 saturated heterocycles. The first-order valence-electron chi connectivity index (χ1n) is 14.4. The summed E-state index contributed by atoms with van der Waals surface area (Å²) in [4.78, 5) is 21.1. The van der Waals surface area contributed by atoms with Gasteiger partial charge in [0.25, 0.3) is 5.56 Å². The molecule has 0 saturated carbocycles. The lowest BCUT2D eigenvalue weighted by Gasteiger charge is -2.19. The highest BCUT2D eigenvalue weighted by molar-refractivity contribution is 7.91. The normalized spacial score (nSPS) is 13.1. The summed E-state index contributed by atoms with van der Waals surface area (Å²) in [6.07, 6.45) is 0.812. The third-order valence-electron chi connectivity index (χ3n) is 7.46. The molecule has 1 unspecified atom stereocenters. The Morgan fingerprint density at radius 1 is 0.913 bits per heavy atom. The molecule has 236 valence electrons. The van der Waals surface area contributed by atoms with E-state index in [0.29, 0.717) is 28.3 Å². The van der Waals surface area contributed by atoms with E-state index in [4.69, 9.17) is 14.2 Å². The molecule has 5 aromatic rings. The van der Waals surface area contributed by atoms with Gasteiger partial charge in [-0.05, 0) is 54.8 Å². The van der Waals surface area contributed by atoms with Crippen LogP contribution in [0.15, 0.2) is 101 Å². The van der Waals surface area contributed by atoms with Crippen LogP contribution in [0.5, 0.6) is 11.5 Å². The van der Waals surface area contributed by atoms with Crippen LogP contribution in [0.25, 0.3) is 11.3 Å². The Labute approximate surface area is 264 Å². The monoisotopic (exact) mass is 645 g/mol. The van der Waals surface area contributed by atoms with Crippen molar-refractivity contribution in [1.29, 1.82) is 0 Å². The number of ether oxygens (including phenoxy) is 3. The second-order valence-electron chi connectivity index (χ2n) is 10.8. The average Bonchev–Trinajstić information content (AvgIpc) is 3.52. The van der Waals surface area contributed by atoms with E-state index < -0.39 is 38.3 Å². The molecule has 0 radical (unpaired) electrons. The van der Waals surface area contributed by atoms with E-state index in [0.717, 1.165) is 11.6 Å². The van der Waals surface area contributed by atoms with Gasteiger partial charge in [-0.2, -0.15) is 0 Å². The van der Waals surface area contributed by atoms with Gasteiger partial charge in [-0.15, -0.1) is 0 Å². The molecule has 0 amide bonds. The van der Waals surface area contributed by atoms with Crippen LogP contribution in [0.2, 0.25) is 0 Å². The molecule has 1 atom stereocenters. The first kappa shape index (κ1) is 31.1. The maximum atomic E-state index is 14.9. The van der Waals surface area contributed by atoms with Gasteiger partial charge in [0.15, 0.2) is 17.3 Å². The summed E-state index contributed by atoms with van der Waals surface area (Å²) in [6.45, 7) is 1.68. The fraction of sp³-hybridized carbons (Fsp3) is 0.206. The zero-order valence-electron chi connectivity index (χ0n) is 24.7. The highest BCUT2D eigenvalue weighted by Crippen LogP contribution is 2.33. The Bertz CT molecular complexity index is 2050. The molecule has 0 spiro atoms. The Balaban J connectivity index is 1.24. The molecule has 0 N–H and O–H groups in total. The smallest absolute Gasteiger partial charge is 0.286 e. The molecule has 1 aliphatic rings. The predicted molar refractivity (Wildman–Crippen MR) is 165 cm³/mol. The van der Waals surface area contributed by atoms with Crippen molar-refractivity contribution >= 4 is 9.84 Å². The number of aryl methyl sites for hydroxylation is 1. The maximum absolute atomic E-state index is 14.9. The standard InChI is InChI=1S/C34H29F2N3O6S/c1-22-15-29(26-17-28(36)33(40)39(19-26)18-23-11-12-31-32(16-23)45-21-44-31)38-34(37-22)46(41,42)14-13-30(24-7-3-2-4-8-24)43-20-25-9-5-6-10-27(25)35/h2-12,15-17,19,30H,13-14,18,20-21H2,1H3. The number of fused-ring (bicyclic) bond motifs is 1. The van der Waals surface area contributed by atoms with Gasteiger partial charge in [0.1, 0.15) is 5.82 Å². The number of benzene rings is 3. The number of pyridine rings is 1. The third-order valence-corrected chi connectivity index (χ3v) is 8.97. The van der Waals surface area contributed by atoms with Crippen molar-refractivity contribution in [1.82, 2.24) is 14.5 Å². The van der Waals surface area contributed by atoms with Crippen molar-refractivity contribution in [2.75, 3.05) is 12.5 Å². The summed E-state index contributed by atoms with van der Waals surface area (Å²) >= 11 is 0. The molecule has 0 aliphatic carbocycles. The highest BCUT2D eigenvalue weighted by Gasteiger charge is 2.24. The number of aromatic nitrogens is 3. The number of hydrogen-bond acceptors (Lipinski definition) is 8. The summed E-state index contributed by atoms with van der Waals surface area (Å²) in [5, 5.41) is -0.433. The molecule has 1 aliphatic heterocycles. The van der Waals surface area contributed by atoms with Crippen LogP contribution >= 0.6 is 0 Å². The molecule has 9 nitrogen and oxygen atoms in total. The second kappa shape index (κ2) is 13.2. The van der Waals surface area contributed by atoms with Gasteiger partial charge in [-0.1, -0.05) is 54.6 Å². The Morgan fingerprint density at radius 3 is 2.48 bits per heavy atom. The molecular formula is C34H29F2N3O6S. The zero-order chi connectivity index (χ0) is 32.3. The van der Waals surface area contributed by atoms with Gasteiger partial charge < -0.3 is 18.8 Å². The van der Waals surface area contributed by atoms with Crippen molar-refractivity contribution in [2.45, 2.75) is 37.8 Å². The molecular weight excluding hydrogens is 616 g/mol. The van der Waals surface area contributed by atoms with Gasteiger partial charge in [0.2, 0.25) is 21.8 Å². The summed E-state index contributed by atoms with van der Waals surface area (Å²) in [5.41, 5.74) is 1.60. The number of nitrogens with zero attached hydrogens (tertiary/aromatic N) is 3. The lowest BCUT2D eigenvalue weighted by Crippen LogP contribution is -2.23. The fourth-order valence-corrected chi connectivity index (χ4v) is 6.32. The fourth-order valence-electron chi connectivity index (χ4n) is 5.09. The lowest BCUT2D eigenvalue weighted by molar-refractivity contribution is 0.0361. The van der Waals surface area contributed by atoms with Gasteiger partial charge in [-0.25, -0.2) is 27.2 Å². The topological polar surface area (TPSA) is 110 Å². The van der Waals surface area contributed by atoms with Crippen LogP contribution < -0.4 is 15.0 Å². The Hall–Kier alpha value is -4.94. The largest absolute Gasteiger partial charge is 0.454 e. The van der Waals surface area contributed by atoms with Crippen molar-refractivity contribution < 1.29 is 31.4 Å². The van der Waals surface area contributed by atoms with Crippen LogP contribution in [-0.2, 0) is 27.7 Å². The summed E-state index contributed by atoms with van der Waals surface area (Å²) in [6, 6.07) is 23.0. The van der Waals surface area contributed by atoms with Crippen molar-refractivity contribution in [3.05, 3.63) is 135 Å². The number of rotatable bonds is 11. The molecule has 6 rings (SSSR count). The van der Waals surface area contributed by atoms with Crippen LogP contribution in [-0.4, -0.2) is 35.5 Å². The van der Waals surface area contributed by atoms with Gasteiger partial charge in [0, 0.05) is 23.0 Å². The van der Waals surface area contributed by atoms with Gasteiger partial charge in [-0.3, -0.25) is 4.79 Å². The van der Waals surface area contributed by atoms with E-state index >= 15 is 0 Å². The van der Waals surface area contributed by atoms with E-state index in [1.54, 1.807) is 43.3 Å². The molecule has 46 heavy (non-hydrogen) atoms. The molecule has 0 fully saturated rings. The van der Waals surface area contributed by atoms with Gasteiger partial charge in [0.05, 0.1) is 30.7 Å². The molecule has 3 heterocycles. The van der Waals surface area contributed by atoms with Crippen molar-refractivity contribution in [3.63, 3.8) is 0 Å². The van der Waals surface area contributed by atoms with Crippen molar-refractivity contribution in [3.8, 4) is 22.8 Å². The van der Waals surface area contributed by atoms with E-state index in [1.807, 2.05) is 30.3 Å². The van der Waals surface area contributed by atoms with E-state index in [2.05, 4.69) is 9.97 Å².